The van der Waals surface area contributed by atoms with Crippen LogP contribution in [0.3, 0.4) is 0 Å². The van der Waals surface area contributed by atoms with Crippen LogP contribution in [0.1, 0.15) is 36.2 Å². The Labute approximate surface area is 124 Å². The molecule has 0 aliphatic heterocycles. The molecule has 2 aromatic rings. The molecular formula is C14H16BrF2N3. The smallest absolute Gasteiger partial charge is 0.134 e. The monoisotopic (exact) mass is 343 g/mol. The van der Waals surface area contributed by atoms with E-state index in [1.807, 2.05) is 6.92 Å². The summed E-state index contributed by atoms with van der Waals surface area (Å²) in [6, 6.07) is 1.74. The lowest BCUT2D eigenvalue weighted by Gasteiger charge is -2.17. The van der Waals surface area contributed by atoms with Crippen LogP contribution >= 0.6 is 15.9 Å². The van der Waals surface area contributed by atoms with Crippen LogP contribution in [0.5, 0.6) is 0 Å². The molecule has 0 bridgehead atoms. The second kappa shape index (κ2) is 6.01. The SMILES string of the molecule is CCCn1ncc(Br)c1C(N)c1c(F)ccc(C)c1F. The highest BCUT2D eigenvalue weighted by Gasteiger charge is 2.25. The van der Waals surface area contributed by atoms with Crippen molar-refractivity contribution in [2.75, 3.05) is 0 Å². The number of halogens is 3. The maximum absolute atomic E-state index is 14.2. The molecule has 20 heavy (non-hydrogen) atoms. The van der Waals surface area contributed by atoms with E-state index >= 15 is 0 Å². The zero-order chi connectivity index (χ0) is 14.9. The third-order valence-electron chi connectivity index (χ3n) is 3.19. The van der Waals surface area contributed by atoms with Crippen molar-refractivity contribution in [2.45, 2.75) is 32.9 Å². The first-order valence-electron chi connectivity index (χ1n) is 6.38. The highest BCUT2D eigenvalue weighted by Crippen LogP contribution is 2.31. The molecule has 1 unspecified atom stereocenters. The average molecular weight is 344 g/mol. The normalized spacial score (nSPS) is 12.7. The van der Waals surface area contributed by atoms with Crippen LogP contribution in [0.15, 0.2) is 22.8 Å². The Kier molecular flexibility index (Phi) is 4.55. The van der Waals surface area contributed by atoms with E-state index in [4.69, 9.17) is 5.73 Å². The van der Waals surface area contributed by atoms with E-state index in [0.717, 1.165) is 6.42 Å². The zero-order valence-corrected chi connectivity index (χ0v) is 12.9. The van der Waals surface area contributed by atoms with Gasteiger partial charge in [0.15, 0.2) is 0 Å². The quantitative estimate of drug-likeness (QED) is 0.919. The molecule has 0 saturated carbocycles. The van der Waals surface area contributed by atoms with Gasteiger partial charge in [-0.25, -0.2) is 8.78 Å². The van der Waals surface area contributed by atoms with E-state index < -0.39 is 17.7 Å². The lowest BCUT2D eigenvalue weighted by molar-refractivity contribution is 0.512. The van der Waals surface area contributed by atoms with Gasteiger partial charge < -0.3 is 5.73 Å². The first-order valence-corrected chi connectivity index (χ1v) is 7.18. The molecule has 1 atom stereocenters. The molecule has 1 heterocycles. The van der Waals surface area contributed by atoms with Gasteiger partial charge in [-0.1, -0.05) is 13.0 Å². The Hall–Kier alpha value is -1.27. The van der Waals surface area contributed by atoms with Crippen LogP contribution in [-0.2, 0) is 6.54 Å². The summed E-state index contributed by atoms with van der Waals surface area (Å²) in [6.45, 7) is 4.23. The second-order valence-corrected chi connectivity index (χ2v) is 5.52. The van der Waals surface area contributed by atoms with Gasteiger partial charge in [-0.15, -0.1) is 0 Å². The van der Waals surface area contributed by atoms with Gasteiger partial charge in [0.1, 0.15) is 11.6 Å². The summed E-state index contributed by atoms with van der Waals surface area (Å²) in [7, 11) is 0. The Balaban J connectivity index is 2.54. The van der Waals surface area contributed by atoms with Crippen LogP contribution in [0.2, 0.25) is 0 Å². The van der Waals surface area contributed by atoms with Crippen LogP contribution in [-0.4, -0.2) is 9.78 Å². The van der Waals surface area contributed by atoms with Gasteiger partial charge in [-0.3, -0.25) is 4.68 Å². The summed E-state index contributed by atoms with van der Waals surface area (Å²) in [5.41, 5.74) is 6.92. The number of benzene rings is 1. The first-order chi connectivity index (χ1) is 9.47. The minimum Gasteiger partial charge on any atom is -0.319 e. The summed E-state index contributed by atoms with van der Waals surface area (Å²) in [5.74, 6) is -1.25. The molecular weight excluding hydrogens is 328 g/mol. The van der Waals surface area contributed by atoms with E-state index in [2.05, 4.69) is 21.0 Å². The molecule has 0 spiro atoms. The van der Waals surface area contributed by atoms with Gasteiger partial charge in [0, 0.05) is 12.1 Å². The van der Waals surface area contributed by atoms with Crippen molar-refractivity contribution in [2.24, 2.45) is 5.73 Å². The predicted octanol–water partition coefficient (Wildman–Crippen LogP) is 3.69. The largest absolute Gasteiger partial charge is 0.319 e. The lowest BCUT2D eigenvalue weighted by Crippen LogP contribution is -2.21. The highest BCUT2D eigenvalue weighted by atomic mass is 79.9. The molecule has 6 heteroatoms. The summed E-state index contributed by atoms with van der Waals surface area (Å²) >= 11 is 3.34. The third kappa shape index (κ3) is 2.62. The van der Waals surface area contributed by atoms with Crippen LogP contribution in [0.4, 0.5) is 8.78 Å². The minimum atomic E-state index is -0.904. The fourth-order valence-corrected chi connectivity index (χ4v) is 2.71. The Morgan fingerprint density at radius 1 is 1.40 bits per heavy atom. The van der Waals surface area contributed by atoms with Crippen molar-refractivity contribution < 1.29 is 8.78 Å². The van der Waals surface area contributed by atoms with Crippen molar-refractivity contribution in [3.05, 3.63) is 51.3 Å². The highest BCUT2D eigenvalue weighted by molar-refractivity contribution is 9.10. The molecule has 0 radical (unpaired) electrons. The average Bonchev–Trinajstić information content (AvgIpc) is 2.76. The van der Waals surface area contributed by atoms with E-state index in [1.165, 1.54) is 12.1 Å². The van der Waals surface area contributed by atoms with Gasteiger partial charge in [0.05, 0.1) is 22.4 Å². The number of rotatable bonds is 4. The zero-order valence-electron chi connectivity index (χ0n) is 11.3. The maximum Gasteiger partial charge on any atom is 0.134 e. The maximum atomic E-state index is 14.2. The molecule has 108 valence electrons. The Morgan fingerprint density at radius 2 is 2.10 bits per heavy atom. The molecule has 0 fully saturated rings. The molecule has 0 saturated heterocycles. The van der Waals surface area contributed by atoms with E-state index in [0.29, 0.717) is 22.3 Å². The predicted molar refractivity (Wildman–Crippen MR) is 77.3 cm³/mol. The van der Waals surface area contributed by atoms with Gasteiger partial charge in [0.25, 0.3) is 0 Å². The molecule has 1 aromatic heterocycles. The molecule has 1 aromatic carbocycles. The van der Waals surface area contributed by atoms with Crippen molar-refractivity contribution in [3.8, 4) is 0 Å². The third-order valence-corrected chi connectivity index (χ3v) is 3.80. The Morgan fingerprint density at radius 3 is 2.75 bits per heavy atom. The first kappa shape index (κ1) is 15.1. The summed E-state index contributed by atoms with van der Waals surface area (Å²) in [5, 5.41) is 4.18. The molecule has 3 nitrogen and oxygen atoms in total. The topological polar surface area (TPSA) is 43.8 Å². The standard InChI is InChI=1S/C14H16BrF2N3/c1-3-6-20-14(9(15)7-19-20)13(18)11-10(16)5-4-8(2)12(11)17/h4-5,7,13H,3,6,18H2,1-2H3. The summed E-state index contributed by atoms with van der Waals surface area (Å²) in [4.78, 5) is 0. The van der Waals surface area contributed by atoms with Crippen LogP contribution < -0.4 is 5.73 Å². The molecule has 2 N–H and O–H groups in total. The lowest BCUT2D eigenvalue weighted by atomic mass is 10.0. The van der Waals surface area contributed by atoms with Crippen molar-refractivity contribution in [1.82, 2.24) is 9.78 Å². The Bertz CT molecular complexity index is 625. The number of aromatic nitrogens is 2. The number of aryl methyl sites for hydroxylation is 2. The van der Waals surface area contributed by atoms with Gasteiger partial charge in [0.2, 0.25) is 0 Å². The van der Waals surface area contributed by atoms with Crippen LogP contribution in [0.25, 0.3) is 0 Å². The number of hydrogen-bond acceptors (Lipinski definition) is 2. The van der Waals surface area contributed by atoms with Gasteiger partial charge >= 0.3 is 0 Å². The van der Waals surface area contributed by atoms with Gasteiger partial charge in [-0.2, -0.15) is 5.10 Å². The van der Waals surface area contributed by atoms with Crippen molar-refractivity contribution >= 4 is 15.9 Å². The fourth-order valence-electron chi connectivity index (χ4n) is 2.17. The summed E-state index contributed by atoms with van der Waals surface area (Å²) in [6.07, 6.45) is 2.45. The number of hydrogen-bond donors (Lipinski definition) is 1. The van der Waals surface area contributed by atoms with E-state index in [9.17, 15) is 8.78 Å². The second-order valence-electron chi connectivity index (χ2n) is 4.67. The summed E-state index contributed by atoms with van der Waals surface area (Å²) < 4.78 is 30.5. The minimum absolute atomic E-state index is 0.122. The van der Waals surface area contributed by atoms with Gasteiger partial charge in [-0.05, 0) is 40.9 Å². The molecule has 2 rings (SSSR count). The van der Waals surface area contributed by atoms with E-state index in [1.54, 1.807) is 17.8 Å². The van der Waals surface area contributed by atoms with Crippen LogP contribution in [0, 0.1) is 18.6 Å². The molecule has 0 aliphatic carbocycles. The van der Waals surface area contributed by atoms with Crippen molar-refractivity contribution in [1.29, 1.82) is 0 Å². The number of nitrogens with zero attached hydrogens (tertiary/aromatic N) is 2. The fraction of sp³-hybridized carbons (Fsp3) is 0.357. The molecule has 0 amide bonds. The molecule has 0 aliphatic rings. The van der Waals surface area contributed by atoms with E-state index in [-0.39, 0.29) is 5.56 Å². The number of nitrogens with two attached hydrogens (primary N) is 1. The van der Waals surface area contributed by atoms with Crippen molar-refractivity contribution in [3.63, 3.8) is 0 Å².